The van der Waals surface area contributed by atoms with E-state index in [9.17, 15) is 9.46 Å². The lowest BCUT2D eigenvalue weighted by molar-refractivity contribution is -0.0382. The van der Waals surface area contributed by atoms with Gasteiger partial charge in [-0.25, -0.2) is 4.57 Å². The lowest BCUT2D eigenvalue weighted by atomic mass is 9.96. The second kappa shape index (κ2) is 8.21. The summed E-state index contributed by atoms with van der Waals surface area (Å²) < 4.78 is 38.3. The van der Waals surface area contributed by atoms with Crippen LogP contribution < -0.4 is 0 Å². The highest BCUT2D eigenvalue weighted by molar-refractivity contribution is 7.47. The third kappa shape index (κ3) is 5.01. The maximum absolute atomic E-state index is 12.2. The Morgan fingerprint density at radius 2 is 2.05 bits per heavy atom. The van der Waals surface area contributed by atoms with Crippen LogP contribution in [0.1, 0.15) is 19.8 Å². The average molecular weight is 336 g/mol. The summed E-state index contributed by atoms with van der Waals surface area (Å²) in [6.07, 6.45) is -1.81. The van der Waals surface area contributed by atoms with Gasteiger partial charge in [0.25, 0.3) is 0 Å². The maximum Gasteiger partial charge on any atom is 0.472 e. The number of phosphoric ester groups is 1. The number of aliphatic hydroxyl groups excluding tert-OH is 1. The molecule has 0 aromatic heterocycles. The van der Waals surface area contributed by atoms with Crippen molar-refractivity contribution in [1.29, 1.82) is 0 Å². The highest BCUT2D eigenvalue weighted by Crippen LogP contribution is 2.49. The van der Waals surface area contributed by atoms with Gasteiger partial charge in [0, 0.05) is 25.6 Å². The minimum absolute atomic E-state index is 0.223. The third-order valence-corrected chi connectivity index (χ3v) is 4.66. The van der Waals surface area contributed by atoms with Gasteiger partial charge < -0.3 is 24.2 Å². The summed E-state index contributed by atoms with van der Waals surface area (Å²) >= 11 is 0. The Bertz CT molecular complexity index is 397. The predicted octanol–water partition coefficient (Wildman–Crippen LogP) is -0.0416. The van der Waals surface area contributed by atoms with Crippen molar-refractivity contribution >= 4 is 15.7 Å². The van der Waals surface area contributed by atoms with Gasteiger partial charge in [-0.1, -0.05) is 0 Å². The van der Waals surface area contributed by atoms with Gasteiger partial charge in [0.15, 0.2) is 0 Å². The topological polar surface area (TPSA) is 104 Å². The molecular weight excluding hydrogens is 314 g/mol. The van der Waals surface area contributed by atoms with Crippen molar-refractivity contribution in [2.45, 2.75) is 50.2 Å². The van der Waals surface area contributed by atoms with Gasteiger partial charge in [0.1, 0.15) is 26.2 Å². The van der Waals surface area contributed by atoms with Gasteiger partial charge in [-0.2, -0.15) is 0 Å². The van der Waals surface area contributed by atoms with Crippen molar-refractivity contribution in [2.75, 3.05) is 26.4 Å². The van der Waals surface area contributed by atoms with Crippen molar-refractivity contribution in [3.05, 3.63) is 0 Å². The zero-order valence-corrected chi connectivity index (χ0v) is 13.4. The summed E-state index contributed by atoms with van der Waals surface area (Å²) in [7, 11) is 1.37. The van der Waals surface area contributed by atoms with Crippen LogP contribution in [0.5, 0.6) is 0 Å². The first-order valence-corrected chi connectivity index (χ1v) is 8.85. The largest absolute Gasteiger partial charge is 0.472 e. The van der Waals surface area contributed by atoms with E-state index in [-0.39, 0.29) is 19.6 Å². The molecule has 6 atom stereocenters. The van der Waals surface area contributed by atoms with E-state index in [1.807, 2.05) is 6.92 Å². The van der Waals surface area contributed by atoms with Crippen LogP contribution in [0, 0.1) is 0 Å². The van der Waals surface area contributed by atoms with Gasteiger partial charge >= 0.3 is 7.82 Å². The number of hydrogen-bond acceptors (Lipinski definition) is 7. The van der Waals surface area contributed by atoms with E-state index < -0.39 is 38.2 Å². The van der Waals surface area contributed by atoms with Crippen LogP contribution >= 0.6 is 7.82 Å². The number of rotatable bonds is 8. The molecule has 2 heterocycles. The summed E-state index contributed by atoms with van der Waals surface area (Å²) in [5, 5.41) is 9.12. The average Bonchev–Trinajstić information content (AvgIpc) is 3.01. The van der Waals surface area contributed by atoms with E-state index in [4.69, 9.17) is 36.2 Å². The molecule has 2 N–H and O–H groups in total. The summed E-state index contributed by atoms with van der Waals surface area (Å²) in [4.78, 5) is 9.91. The van der Waals surface area contributed by atoms with Crippen molar-refractivity contribution in [3.63, 3.8) is 0 Å². The van der Waals surface area contributed by atoms with Crippen LogP contribution in [0.2, 0.25) is 0 Å². The molecule has 0 aliphatic carbocycles. The van der Waals surface area contributed by atoms with Crippen molar-refractivity contribution in [2.24, 2.45) is 0 Å². The second-order valence-electron chi connectivity index (χ2n) is 5.24. The van der Waals surface area contributed by atoms with Crippen LogP contribution in [0.3, 0.4) is 0 Å². The zero-order valence-electron chi connectivity index (χ0n) is 12.5. The lowest BCUT2D eigenvalue weighted by Gasteiger charge is -2.24. The summed E-state index contributed by atoms with van der Waals surface area (Å²) in [6.45, 7) is 2.63. The van der Waals surface area contributed by atoms with Gasteiger partial charge in [0.05, 0.1) is 19.3 Å². The monoisotopic (exact) mass is 336 g/mol. The number of ether oxygens (including phenoxy) is 3. The van der Waals surface area contributed by atoms with Crippen molar-refractivity contribution in [3.8, 4) is 0 Å². The van der Waals surface area contributed by atoms with Gasteiger partial charge in [0.2, 0.25) is 0 Å². The molecule has 2 rings (SSSR count). The Morgan fingerprint density at radius 1 is 1.32 bits per heavy atom. The molecule has 2 saturated heterocycles. The van der Waals surface area contributed by atoms with Crippen LogP contribution in [0.4, 0.5) is 0 Å². The lowest BCUT2D eigenvalue weighted by Crippen LogP contribution is -2.31. The summed E-state index contributed by atoms with van der Waals surface area (Å²) in [6, 6.07) is -0.574. The van der Waals surface area contributed by atoms with Crippen LogP contribution in [-0.4, -0.2) is 74.7 Å². The fraction of sp³-hybridized carbons (Fsp3) is 1.00. The number of aliphatic hydroxyl groups is 1. The van der Waals surface area contributed by atoms with E-state index in [1.54, 1.807) is 0 Å². The molecule has 2 aliphatic heterocycles. The van der Waals surface area contributed by atoms with Crippen LogP contribution in [-0.2, 0) is 27.8 Å². The molecule has 0 spiro atoms. The molecule has 126 valence electrons. The maximum atomic E-state index is 12.2. The first-order chi connectivity index (χ1) is 10.4. The zero-order chi connectivity index (χ0) is 16.2. The smallest absolute Gasteiger partial charge is 0.394 e. The van der Waals surface area contributed by atoms with E-state index >= 15 is 0 Å². The standard InChI is InChI=1S/C12H22BO8P/c1-2-17-7-11-9(5-12(13)19-11)21-22(15,16)20-8-3-4-18-10(8)6-14/h8-12,14H,2-7H2,1H3,(H,15,16)/t8?,9?,10-,11-,12-/m1/s1. The Kier molecular flexibility index (Phi) is 6.85. The highest BCUT2D eigenvalue weighted by Gasteiger charge is 2.42. The molecule has 0 bridgehead atoms. The number of phosphoric acid groups is 1. The van der Waals surface area contributed by atoms with Crippen molar-refractivity contribution < 1.29 is 37.8 Å². The molecule has 0 aromatic rings. The van der Waals surface area contributed by atoms with E-state index in [2.05, 4.69) is 0 Å². The third-order valence-electron chi connectivity index (χ3n) is 3.58. The van der Waals surface area contributed by atoms with Gasteiger partial charge in [-0.3, -0.25) is 9.05 Å². The van der Waals surface area contributed by atoms with Crippen molar-refractivity contribution in [1.82, 2.24) is 0 Å². The molecule has 2 radical (unpaired) electrons. The molecule has 0 saturated carbocycles. The molecule has 2 fully saturated rings. The minimum atomic E-state index is -4.32. The minimum Gasteiger partial charge on any atom is -0.394 e. The first-order valence-electron chi connectivity index (χ1n) is 7.36. The first kappa shape index (κ1) is 18.4. The van der Waals surface area contributed by atoms with Crippen LogP contribution in [0.25, 0.3) is 0 Å². The molecule has 22 heavy (non-hydrogen) atoms. The number of hydrogen-bond donors (Lipinski definition) is 2. The molecular formula is C12H22BO8P. The highest BCUT2D eigenvalue weighted by atomic mass is 31.2. The molecule has 3 unspecified atom stereocenters. The molecule has 2 aliphatic rings. The Balaban J connectivity index is 1.90. The molecule has 0 amide bonds. The Hall–Kier alpha value is 0.0149. The van der Waals surface area contributed by atoms with Gasteiger partial charge in [-0.15, -0.1) is 0 Å². The predicted molar refractivity (Wildman–Crippen MR) is 76.5 cm³/mol. The molecule has 10 heteroatoms. The molecule has 0 aromatic carbocycles. The summed E-state index contributed by atoms with van der Waals surface area (Å²) in [5.74, 6) is 0. The fourth-order valence-corrected chi connectivity index (χ4v) is 3.72. The quantitative estimate of drug-likeness (QED) is 0.470. The van der Waals surface area contributed by atoms with E-state index in [0.29, 0.717) is 19.6 Å². The normalized spacial score (nSPS) is 38.2. The Morgan fingerprint density at radius 3 is 2.73 bits per heavy atom. The molecule has 8 nitrogen and oxygen atoms in total. The fourth-order valence-electron chi connectivity index (χ4n) is 2.53. The SMILES string of the molecule is [B][C@H]1CC(OP(=O)(O)OC2CCO[C@@H]2CO)[C@@H](COCC)O1. The summed E-state index contributed by atoms with van der Waals surface area (Å²) in [5.41, 5.74) is 0. The van der Waals surface area contributed by atoms with E-state index in [0.717, 1.165) is 0 Å². The Labute approximate surface area is 131 Å². The van der Waals surface area contributed by atoms with E-state index in [1.165, 1.54) is 0 Å². The van der Waals surface area contributed by atoms with Crippen LogP contribution in [0.15, 0.2) is 0 Å². The van der Waals surface area contributed by atoms with Gasteiger partial charge in [-0.05, 0) is 13.3 Å². The second-order valence-corrected chi connectivity index (χ2v) is 6.60.